The molecule has 0 radical (unpaired) electrons. The molecule has 2 aromatic carbocycles. The second-order valence-corrected chi connectivity index (χ2v) is 8.81. The van der Waals surface area contributed by atoms with Crippen LogP contribution in [0.2, 0.25) is 0 Å². The topological polar surface area (TPSA) is 65.1 Å². The van der Waals surface area contributed by atoms with E-state index >= 15 is 0 Å². The van der Waals surface area contributed by atoms with E-state index < -0.39 is 17.6 Å². The summed E-state index contributed by atoms with van der Waals surface area (Å²) in [5, 5.41) is 0. The number of methoxy groups -OCH3 is 2. The fourth-order valence-electron chi connectivity index (χ4n) is 4.09. The number of hydrogen-bond acceptors (Lipinski definition) is 5. The van der Waals surface area contributed by atoms with E-state index in [4.69, 9.17) is 14.2 Å². The Hall–Kier alpha value is -2.86. The first-order valence-corrected chi connectivity index (χ1v) is 10.5. The highest BCUT2D eigenvalue weighted by atomic mass is 16.6. The van der Waals surface area contributed by atoms with Gasteiger partial charge in [0.15, 0.2) is 0 Å². The molecule has 1 aliphatic rings. The third kappa shape index (κ3) is 5.44. The molecule has 1 saturated heterocycles. The Morgan fingerprint density at radius 1 is 0.935 bits per heavy atom. The molecule has 1 amide bonds. The molecule has 0 N–H and O–H groups in total. The van der Waals surface area contributed by atoms with Crippen molar-refractivity contribution in [1.29, 1.82) is 0 Å². The van der Waals surface area contributed by atoms with Gasteiger partial charge in [0.2, 0.25) is 0 Å². The van der Waals surface area contributed by atoms with Crippen molar-refractivity contribution in [3.05, 3.63) is 60.2 Å². The van der Waals surface area contributed by atoms with Crippen LogP contribution in [0, 0.1) is 5.92 Å². The number of ether oxygens (including phenoxy) is 3. The third-order valence-corrected chi connectivity index (χ3v) is 5.49. The highest BCUT2D eigenvalue weighted by molar-refractivity contribution is 5.77. The van der Waals surface area contributed by atoms with Crippen molar-refractivity contribution in [2.45, 2.75) is 38.4 Å². The number of carbonyl (C=O) groups is 2. The minimum atomic E-state index is -0.624. The molecule has 6 nitrogen and oxygen atoms in total. The maximum Gasteiger partial charge on any atom is 0.410 e. The molecule has 166 valence electrons. The van der Waals surface area contributed by atoms with E-state index in [1.807, 2.05) is 57.2 Å². The number of rotatable bonds is 4. The first kappa shape index (κ1) is 22.8. The zero-order chi connectivity index (χ0) is 22.6. The van der Waals surface area contributed by atoms with Crippen LogP contribution in [0.4, 0.5) is 4.79 Å². The lowest BCUT2D eigenvalue weighted by Gasteiger charge is -2.42. The zero-order valence-corrected chi connectivity index (χ0v) is 18.8. The number of piperidine rings is 1. The minimum absolute atomic E-state index is 0.210. The van der Waals surface area contributed by atoms with E-state index in [1.165, 1.54) is 7.11 Å². The summed E-state index contributed by atoms with van der Waals surface area (Å²) >= 11 is 0. The van der Waals surface area contributed by atoms with Gasteiger partial charge in [-0.05, 0) is 37.5 Å². The van der Waals surface area contributed by atoms with Gasteiger partial charge >= 0.3 is 12.1 Å². The van der Waals surface area contributed by atoms with Crippen LogP contribution in [0.1, 0.15) is 32.3 Å². The average Bonchev–Trinajstić information content (AvgIpc) is 2.77. The standard InChI is InChI=1S/C25H31NO5/c1-25(2,3)31-24(28)26-15-20(23(27)30-5)22(21(16-26)29-4)19-13-9-12-18(14-19)17-10-7-6-8-11-17/h6-14,20-22H,15-16H2,1-5H3/t20?,21-,22-/m1/s1. The number of amides is 1. The zero-order valence-electron chi connectivity index (χ0n) is 18.8. The van der Waals surface area contributed by atoms with E-state index in [0.29, 0.717) is 6.54 Å². The van der Waals surface area contributed by atoms with Gasteiger partial charge in [-0.25, -0.2) is 4.79 Å². The van der Waals surface area contributed by atoms with Crippen LogP contribution in [0.25, 0.3) is 11.1 Å². The smallest absolute Gasteiger partial charge is 0.410 e. The number of esters is 1. The summed E-state index contributed by atoms with van der Waals surface area (Å²) in [6.45, 7) is 6.00. The second-order valence-electron chi connectivity index (χ2n) is 8.81. The molecule has 1 aliphatic heterocycles. The molecule has 0 saturated carbocycles. The van der Waals surface area contributed by atoms with Gasteiger partial charge in [0.05, 0.1) is 25.7 Å². The van der Waals surface area contributed by atoms with Crippen molar-refractivity contribution in [2.24, 2.45) is 5.92 Å². The number of likely N-dealkylation sites (tertiary alicyclic amines) is 1. The lowest BCUT2D eigenvalue weighted by Crippen LogP contribution is -2.54. The Bertz CT molecular complexity index is 906. The first-order valence-electron chi connectivity index (χ1n) is 10.5. The van der Waals surface area contributed by atoms with Crippen LogP contribution in [0.3, 0.4) is 0 Å². The van der Waals surface area contributed by atoms with Gasteiger partial charge in [-0.3, -0.25) is 4.79 Å². The van der Waals surface area contributed by atoms with Gasteiger partial charge in [0, 0.05) is 19.6 Å². The Morgan fingerprint density at radius 2 is 1.61 bits per heavy atom. The fourth-order valence-corrected chi connectivity index (χ4v) is 4.09. The lowest BCUT2D eigenvalue weighted by molar-refractivity contribution is -0.151. The summed E-state index contributed by atoms with van der Waals surface area (Å²) in [4.78, 5) is 27.0. The molecule has 1 fully saturated rings. The quantitative estimate of drug-likeness (QED) is 0.675. The van der Waals surface area contributed by atoms with Gasteiger partial charge in [-0.2, -0.15) is 0 Å². The number of benzene rings is 2. The molecular formula is C25H31NO5. The number of nitrogens with zero attached hydrogens (tertiary/aromatic N) is 1. The molecule has 2 aromatic rings. The molecule has 0 bridgehead atoms. The Morgan fingerprint density at radius 3 is 2.23 bits per heavy atom. The highest BCUT2D eigenvalue weighted by Gasteiger charge is 2.44. The van der Waals surface area contributed by atoms with Crippen molar-refractivity contribution >= 4 is 12.1 Å². The molecule has 6 heteroatoms. The summed E-state index contributed by atoms with van der Waals surface area (Å²) < 4.78 is 16.4. The maximum absolute atomic E-state index is 12.8. The summed E-state index contributed by atoms with van der Waals surface area (Å²) in [7, 11) is 2.97. The predicted octanol–water partition coefficient (Wildman–Crippen LogP) is 4.49. The van der Waals surface area contributed by atoms with Crippen molar-refractivity contribution in [3.8, 4) is 11.1 Å². The molecule has 1 unspecified atom stereocenters. The minimum Gasteiger partial charge on any atom is -0.469 e. The van der Waals surface area contributed by atoms with Crippen LogP contribution in [0.5, 0.6) is 0 Å². The fraction of sp³-hybridized carbons (Fsp3) is 0.440. The highest BCUT2D eigenvalue weighted by Crippen LogP contribution is 2.37. The molecular weight excluding hydrogens is 394 g/mol. The molecule has 1 heterocycles. The average molecular weight is 426 g/mol. The molecule has 3 rings (SSSR count). The summed E-state index contributed by atoms with van der Waals surface area (Å²) in [5.74, 6) is -1.19. The Labute approximate surface area is 184 Å². The van der Waals surface area contributed by atoms with E-state index in [0.717, 1.165) is 16.7 Å². The molecule has 0 aromatic heterocycles. The van der Waals surface area contributed by atoms with Crippen molar-refractivity contribution in [2.75, 3.05) is 27.3 Å². The van der Waals surface area contributed by atoms with Crippen molar-refractivity contribution in [3.63, 3.8) is 0 Å². The lowest BCUT2D eigenvalue weighted by atomic mass is 9.78. The molecule has 0 spiro atoms. The normalized spacial score (nSPS) is 21.5. The van der Waals surface area contributed by atoms with E-state index in [9.17, 15) is 9.59 Å². The molecule has 31 heavy (non-hydrogen) atoms. The first-order chi connectivity index (χ1) is 14.7. The van der Waals surface area contributed by atoms with Crippen molar-refractivity contribution in [1.82, 2.24) is 4.90 Å². The van der Waals surface area contributed by atoms with Gasteiger partial charge < -0.3 is 19.1 Å². The van der Waals surface area contributed by atoms with E-state index in [2.05, 4.69) is 18.2 Å². The van der Waals surface area contributed by atoms with Gasteiger partial charge in [-0.1, -0.05) is 54.6 Å². The molecule has 3 atom stereocenters. The number of carbonyl (C=O) groups excluding carboxylic acids is 2. The van der Waals surface area contributed by atoms with Crippen LogP contribution in [0.15, 0.2) is 54.6 Å². The van der Waals surface area contributed by atoms with Crippen LogP contribution in [-0.4, -0.2) is 56.0 Å². The maximum atomic E-state index is 12.8. The van der Waals surface area contributed by atoms with Crippen LogP contribution in [-0.2, 0) is 19.0 Å². The third-order valence-electron chi connectivity index (χ3n) is 5.49. The Kier molecular flexibility index (Phi) is 7.01. The Balaban J connectivity index is 1.95. The SMILES string of the molecule is COC(=O)C1CN(C(=O)OC(C)(C)C)C[C@@H](OC)[C@@H]1c1cccc(-c2ccccc2)c1. The van der Waals surface area contributed by atoms with Gasteiger partial charge in [-0.15, -0.1) is 0 Å². The van der Waals surface area contributed by atoms with E-state index in [1.54, 1.807) is 12.0 Å². The second kappa shape index (κ2) is 9.52. The number of hydrogen-bond donors (Lipinski definition) is 0. The molecule has 0 aliphatic carbocycles. The summed E-state index contributed by atoms with van der Waals surface area (Å²) in [6.07, 6.45) is -0.837. The van der Waals surface area contributed by atoms with E-state index in [-0.39, 0.29) is 24.5 Å². The van der Waals surface area contributed by atoms with Crippen LogP contribution < -0.4 is 0 Å². The van der Waals surface area contributed by atoms with Crippen LogP contribution >= 0.6 is 0 Å². The van der Waals surface area contributed by atoms with Crippen molar-refractivity contribution < 1.29 is 23.8 Å². The summed E-state index contributed by atoms with van der Waals surface area (Å²) in [6, 6.07) is 18.2. The summed E-state index contributed by atoms with van der Waals surface area (Å²) in [5.41, 5.74) is 2.51. The van der Waals surface area contributed by atoms with Gasteiger partial charge in [0.1, 0.15) is 5.60 Å². The monoisotopic (exact) mass is 425 g/mol. The predicted molar refractivity (Wildman–Crippen MR) is 119 cm³/mol. The largest absolute Gasteiger partial charge is 0.469 e. The van der Waals surface area contributed by atoms with Gasteiger partial charge in [0.25, 0.3) is 0 Å².